The average molecular weight is 514 g/mol. The number of amides is 2. The van der Waals surface area contributed by atoms with Gasteiger partial charge in [-0.2, -0.15) is 13.2 Å². The predicted octanol–water partition coefficient (Wildman–Crippen LogP) is 4.57. The van der Waals surface area contributed by atoms with Crippen LogP contribution in [0.5, 0.6) is 0 Å². The fourth-order valence-corrected chi connectivity index (χ4v) is 6.26. The second kappa shape index (κ2) is 8.91. The molecule has 7 atom stereocenters. The number of nitrogens with one attached hydrogen (secondary N) is 1. The number of carbonyl (C=O) groups is 1. The lowest BCUT2D eigenvalue weighted by Crippen LogP contribution is -2.72. The van der Waals surface area contributed by atoms with E-state index in [1.807, 2.05) is 0 Å². The molecule has 0 aromatic carbocycles. The third-order valence-electron chi connectivity index (χ3n) is 7.96. The lowest BCUT2D eigenvalue weighted by Gasteiger charge is -2.62. The topological polar surface area (TPSA) is 97.0 Å². The summed E-state index contributed by atoms with van der Waals surface area (Å²) in [6.07, 6.45) is -3.36. The summed E-state index contributed by atoms with van der Waals surface area (Å²) in [5, 5.41) is 10.7. The van der Waals surface area contributed by atoms with Crippen molar-refractivity contribution in [2.75, 3.05) is 0 Å². The number of halogens is 5. The number of hydrogen-bond donors (Lipinski definition) is 1. The highest BCUT2D eigenvalue weighted by Crippen LogP contribution is 2.56. The molecule has 2 saturated heterocycles. The largest absolute Gasteiger partial charge is 0.423 e. The minimum absolute atomic E-state index is 0.114. The van der Waals surface area contributed by atoms with Gasteiger partial charge in [0.2, 0.25) is 11.8 Å². The molecule has 2 amide bonds. The minimum Gasteiger partial charge on any atom is -0.423 e. The van der Waals surface area contributed by atoms with Crippen molar-refractivity contribution >= 4 is 6.03 Å². The molecule has 0 radical (unpaired) electrons. The quantitative estimate of drug-likeness (QED) is 0.601. The maximum Gasteiger partial charge on any atom is 0.392 e. The number of aryl methyl sites for hydroxylation is 1. The maximum atomic E-state index is 15.1. The van der Waals surface area contributed by atoms with Crippen molar-refractivity contribution in [2.45, 2.75) is 88.3 Å². The molecule has 36 heavy (non-hydrogen) atoms. The number of alkyl halides is 4. The van der Waals surface area contributed by atoms with Crippen molar-refractivity contribution in [2.24, 2.45) is 11.8 Å². The molecule has 2 aliphatic heterocycles. The van der Waals surface area contributed by atoms with Gasteiger partial charge in [0, 0.05) is 25.3 Å². The summed E-state index contributed by atoms with van der Waals surface area (Å²) in [6, 6.07) is -1.88. The third kappa shape index (κ3) is 4.19. The molecular formula is C23H27F5N6O2. The van der Waals surface area contributed by atoms with E-state index in [9.17, 15) is 22.4 Å². The molecule has 2 aromatic rings. The number of hydrogen-bond acceptors (Lipinski definition) is 6. The molecule has 6 rings (SSSR count). The van der Waals surface area contributed by atoms with Gasteiger partial charge < -0.3 is 14.6 Å². The van der Waals surface area contributed by atoms with Gasteiger partial charge >= 0.3 is 12.2 Å². The van der Waals surface area contributed by atoms with Gasteiger partial charge in [0.15, 0.2) is 5.82 Å². The van der Waals surface area contributed by atoms with Crippen LogP contribution in [0.15, 0.2) is 16.8 Å². The normalized spacial score (nSPS) is 34.2. The van der Waals surface area contributed by atoms with E-state index in [0.717, 1.165) is 25.2 Å². The number of urea groups is 1. The molecule has 2 aromatic heterocycles. The van der Waals surface area contributed by atoms with Crippen molar-refractivity contribution in [1.29, 1.82) is 0 Å². The molecule has 8 nitrogen and oxygen atoms in total. The van der Waals surface area contributed by atoms with Crippen LogP contribution in [0.1, 0.15) is 69.0 Å². The van der Waals surface area contributed by atoms with Crippen LogP contribution in [0.25, 0.3) is 0 Å². The Hall–Kier alpha value is -2.86. The first-order valence-electron chi connectivity index (χ1n) is 12.1. The van der Waals surface area contributed by atoms with E-state index in [2.05, 4.69) is 32.4 Å². The highest BCUT2D eigenvalue weighted by molar-refractivity contribution is 5.77. The number of aromatic nitrogens is 4. The molecule has 0 spiro atoms. The van der Waals surface area contributed by atoms with E-state index < -0.39 is 54.0 Å². The Bertz CT molecular complexity index is 1110. The highest BCUT2D eigenvalue weighted by atomic mass is 19.4. The second-order valence-electron chi connectivity index (χ2n) is 10.2. The van der Waals surface area contributed by atoms with E-state index in [-0.39, 0.29) is 18.3 Å². The van der Waals surface area contributed by atoms with Crippen LogP contribution in [0, 0.1) is 24.6 Å². The fourth-order valence-electron chi connectivity index (χ4n) is 6.26. The summed E-state index contributed by atoms with van der Waals surface area (Å²) in [5.74, 6) is -3.37. The molecular weight excluding hydrogens is 487 g/mol. The monoisotopic (exact) mass is 514 g/mol. The molecule has 1 N–H and O–H groups in total. The number of fused-ring (bicyclic) bond motifs is 2. The van der Waals surface area contributed by atoms with Gasteiger partial charge in [-0.25, -0.2) is 23.5 Å². The molecule has 196 valence electrons. The summed E-state index contributed by atoms with van der Waals surface area (Å²) in [6.45, 7) is 3.72. The van der Waals surface area contributed by atoms with Crippen molar-refractivity contribution < 1.29 is 31.2 Å². The number of nitrogens with zero attached hydrogens (tertiary/aromatic N) is 5. The Balaban J connectivity index is 1.38. The first-order chi connectivity index (χ1) is 17.0. The van der Waals surface area contributed by atoms with Crippen molar-refractivity contribution in [1.82, 2.24) is 30.4 Å². The van der Waals surface area contributed by atoms with Crippen LogP contribution < -0.4 is 5.32 Å². The fraction of sp³-hybridized carbons (Fsp3) is 0.696. The summed E-state index contributed by atoms with van der Waals surface area (Å²) in [7, 11) is 0. The van der Waals surface area contributed by atoms with Gasteiger partial charge in [-0.05, 0) is 31.6 Å². The lowest BCUT2D eigenvalue weighted by atomic mass is 9.63. The molecule has 2 aliphatic carbocycles. The zero-order chi connectivity index (χ0) is 25.8. The zero-order valence-electron chi connectivity index (χ0n) is 19.8. The number of rotatable bonds is 4. The summed E-state index contributed by atoms with van der Waals surface area (Å²) >= 11 is 0. The number of carbonyl (C=O) groups excluding carboxylic acids is 1. The predicted molar refractivity (Wildman–Crippen MR) is 115 cm³/mol. The minimum atomic E-state index is -4.70. The Kier molecular flexibility index (Phi) is 6.14. The van der Waals surface area contributed by atoms with E-state index in [1.54, 1.807) is 11.8 Å². The van der Waals surface area contributed by atoms with Crippen LogP contribution in [-0.4, -0.2) is 55.5 Å². The van der Waals surface area contributed by atoms with Gasteiger partial charge in [0.25, 0.3) is 0 Å². The maximum absolute atomic E-state index is 15.1. The molecule has 4 fully saturated rings. The van der Waals surface area contributed by atoms with Gasteiger partial charge in [-0.1, -0.05) is 13.3 Å². The zero-order valence-corrected chi connectivity index (χ0v) is 19.8. The Labute approximate surface area is 204 Å². The smallest absolute Gasteiger partial charge is 0.392 e. The standard InChI is InChI=1S/C23H27F5N6O2/c1-3-12-4-14-8-22(7-12,20-33-32-11(2)36-20)34(14)21(35)31-18-5-15(19-29-9-13(24)10-30-19)16(6-17(18)25)23(26,27)28/h9-10,12,14-18H,3-8H2,1-2H3,(H,31,35)/t12-,14-,15?,16?,17?,18?,22?/m1/s1. The second-order valence-corrected chi connectivity index (χ2v) is 10.2. The first-order valence-corrected chi connectivity index (χ1v) is 12.1. The first kappa shape index (κ1) is 24.8. The Morgan fingerprint density at radius 3 is 2.53 bits per heavy atom. The van der Waals surface area contributed by atoms with Crippen LogP contribution in [0.3, 0.4) is 0 Å². The molecule has 4 heterocycles. The highest BCUT2D eigenvalue weighted by Gasteiger charge is 2.63. The van der Waals surface area contributed by atoms with Gasteiger partial charge in [0.1, 0.15) is 17.5 Å². The van der Waals surface area contributed by atoms with E-state index in [1.165, 1.54) is 0 Å². The summed E-state index contributed by atoms with van der Waals surface area (Å²) in [5.41, 5.74) is -0.816. The van der Waals surface area contributed by atoms with Crippen LogP contribution in [0.2, 0.25) is 0 Å². The third-order valence-corrected chi connectivity index (χ3v) is 7.96. The summed E-state index contributed by atoms with van der Waals surface area (Å²) in [4.78, 5) is 22.5. The Morgan fingerprint density at radius 2 is 1.92 bits per heavy atom. The van der Waals surface area contributed by atoms with Gasteiger partial charge in [-0.15, -0.1) is 10.2 Å². The number of piperidine rings is 1. The summed E-state index contributed by atoms with van der Waals surface area (Å²) < 4.78 is 75.3. The molecule has 13 heteroatoms. The van der Waals surface area contributed by atoms with Crippen molar-refractivity contribution in [3.63, 3.8) is 0 Å². The molecule has 2 bridgehead atoms. The van der Waals surface area contributed by atoms with Crippen molar-refractivity contribution in [3.05, 3.63) is 35.8 Å². The van der Waals surface area contributed by atoms with Gasteiger partial charge in [0.05, 0.1) is 24.4 Å². The Morgan fingerprint density at radius 1 is 1.19 bits per heavy atom. The lowest BCUT2D eigenvalue weighted by molar-refractivity contribution is -0.194. The van der Waals surface area contributed by atoms with E-state index in [4.69, 9.17) is 4.42 Å². The molecule has 2 saturated carbocycles. The molecule has 4 aliphatic rings. The van der Waals surface area contributed by atoms with Crippen LogP contribution in [0.4, 0.5) is 26.7 Å². The van der Waals surface area contributed by atoms with E-state index in [0.29, 0.717) is 30.5 Å². The SMILES string of the molecule is CC[C@@H]1C[C@@H]2CC(c3nnc(C)o3)(C1)N2C(=O)NC1CC(c2ncc(F)cn2)C(C(F)(F)F)CC1F. The van der Waals surface area contributed by atoms with Gasteiger partial charge in [-0.3, -0.25) is 0 Å². The van der Waals surface area contributed by atoms with Crippen molar-refractivity contribution in [3.8, 4) is 0 Å². The van der Waals surface area contributed by atoms with Crippen LogP contribution >= 0.6 is 0 Å². The average Bonchev–Trinajstić information content (AvgIpc) is 3.26. The molecule has 5 unspecified atom stereocenters. The van der Waals surface area contributed by atoms with Crippen LogP contribution in [-0.2, 0) is 5.54 Å². The van der Waals surface area contributed by atoms with E-state index >= 15 is 4.39 Å².